The van der Waals surface area contributed by atoms with Crippen molar-refractivity contribution in [2.24, 2.45) is 0 Å². The lowest BCUT2D eigenvalue weighted by atomic mass is 10.3. The maximum Gasteiger partial charge on any atom is 0.278 e. The van der Waals surface area contributed by atoms with Gasteiger partial charge >= 0.3 is 0 Å². The molecule has 3 rings (SSSR count). The fourth-order valence-corrected chi connectivity index (χ4v) is 2.13. The minimum Gasteiger partial charge on any atom is -0.332 e. The summed E-state index contributed by atoms with van der Waals surface area (Å²) in [5.41, 5.74) is 1.98. The molecule has 0 aromatic carbocycles. The maximum absolute atomic E-state index is 5.14. The molecule has 0 bridgehead atoms. The van der Waals surface area contributed by atoms with Gasteiger partial charge in [-0.25, -0.2) is 0 Å². The van der Waals surface area contributed by atoms with Gasteiger partial charge in [0.15, 0.2) is 11.5 Å². The molecule has 0 amide bonds. The highest BCUT2D eigenvalue weighted by Gasteiger charge is 2.17. The Balaban J connectivity index is 1.96. The molecular formula is C11H15N5O. The molecule has 0 N–H and O–H groups in total. The van der Waals surface area contributed by atoms with Crippen molar-refractivity contribution in [2.75, 3.05) is 13.6 Å². The van der Waals surface area contributed by atoms with Gasteiger partial charge in [-0.1, -0.05) is 5.16 Å². The highest BCUT2D eigenvalue weighted by atomic mass is 16.5. The third kappa shape index (κ3) is 1.95. The second-order valence-corrected chi connectivity index (χ2v) is 4.48. The van der Waals surface area contributed by atoms with Crippen LogP contribution in [0.2, 0.25) is 0 Å². The topological polar surface area (TPSA) is 60.0 Å². The fraction of sp³-hybridized carbons (Fsp3) is 0.545. The third-order valence-corrected chi connectivity index (χ3v) is 2.95. The van der Waals surface area contributed by atoms with Crippen LogP contribution in [-0.4, -0.2) is 38.4 Å². The summed E-state index contributed by atoms with van der Waals surface area (Å²) < 4.78 is 7.18. The van der Waals surface area contributed by atoms with E-state index in [1.807, 2.05) is 17.7 Å². The lowest BCUT2D eigenvalue weighted by Gasteiger charge is -2.10. The quantitative estimate of drug-likeness (QED) is 0.737. The Morgan fingerprint density at radius 3 is 3.00 bits per heavy atom. The smallest absolute Gasteiger partial charge is 0.278 e. The number of nitrogens with zero attached hydrogens (tertiary/aromatic N) is 5. The highest BCUT2D eigenvalue weighted by Crippen LogP contribution is 2.19. The van der Waals surface area contributed by atoms with Gasteiger partial charge in [-0.2, -0.15) is 10.1 Å². The van der Waals surface area contributed by atoms with E-state index in [-0.39, 0.29) is 0 Å². The molecule has 0 saturated heterocycles. The Bertz CT molecular complexity index is 530. The minimum atomic E-state index is 0.505. The van der Waals surface area contributed by atoms with E-state index in [9.17, 15) is 0 Å². The predicted octanol–water partition coefficient (Wildman–Crippen LogP) is 1.08. The summed E-state index contributed by atoms with van der Waals surface area (Å²) >= 11 is 0. The number of hydrogen-bond donors (Lipinski definition) is 0. The molecule has 6 nitrogen and oxygen atoms in total. The molecule has 0 saturated carbocycles. The van der Waals surface area contributed by atoms with Gasteiger partial charge in [-0.05, 0) is 26.5 Å². The monoisotopic (exact) mass is 233 g/mol. The van der Waals surface area contributed by atoms with Crippen LogP contribution in [0.5, 0.6) is 0 Å². The van der Waals surface area contributed by atoms with Gasteiger partial charge in [0.05, 0.1) is 5.69 Å². The van der Waals surface area contributed by atoms with Gasteiger partial charge in [0, 0.05) is 19.6 Å². The summed E-state index contributed by atoms with van der Waals surface area (Å²) in [5.74, 6) is 1.14. The first-order valence-corrected chi connectivity index (χ1v) is 5.78. The van der Waals surface area contributed by atoms with Crippen molar-refractivity contribution < 1.29 is 4.52 Å². The summed E-state index contributed by atoms with van der Waals surface area (Å²) in [6, 6.07) is 2.04. The van der Waals surface area contributed by atoms with Gasteiger partial charge < -0.3 is 9.42 Å². The Morgan fingerprint density at radius 1 is 1.35 bits per heavy atom. The highest BCUT2D eigenvalue weighted by molar-refractivity contribution is 5.46. The summed E-state index contributed by atoms with van der Waals surface area (Å²) in [7, 11) is 2.12. The second kappa shape index (κ2) is 3.96. The summed E-state index contributed by atoms with van der Waals surface area (Å²) in [4.78, 5) is 6.49. The van der Waals surface area contributed by atoms with Gasteiger partial charge in [0.25, 0.3) is 5.89 Å². The van der Waals surface area contributed by atoms with Crippen molar-refractivity contribution in [1.29, 1.82) is 0 Å². The van der Waals surface area contributed by atoms with Crippen molar-refractivity contribution in [3.63, 3.8) is 0 Å². The van der Waals surface area contributed by atoms with Gasteiger partial charge in [-0.3, -0.25) is 4.68 Å². The van der Waals surface area contributed by atoms with E-state index in [0.717, 1.165) is 31.7 Å². The summed E-state index contributed by atoms with van der Waals surface area (Å²) in [6.45, 7) is 4.78. The van der Waals surface area contributed by atoms with Crippen LogP contribution >= 0.6 is 0 Å². The van der Waals surface area contributed by atoms with Crippen molar-refractivity contribution in [3.05, 3.63) is 17.6 Å². The van der Waals surface area contributed by atoms with Crippen LogP contribution < -0.4 is 0 Å². The van der Waals surface area contributed by atoms with Crippen molar-refractivity contribution in [2.45, 2.75) is 26.4 Å². The third-order valence-electron chi connectivity index (χ3n) is 2.95. The Labute approximate surface area is 99.2 Å². The first-order valence-electron chi connectivity index (χ1n) is 5.78. The molecule has 0 atom stereocenters. The van der Waals surface area contributed by atoms with Crippen LogP contribution in [0.3, 0.4) is 0 Å². The Kier molecular flexibility index (Phi) is 2.44. The zero-order valence-corrected chi connectivity index (χ0v) is 10.1. The zero-order chi connectivity index (χ0) is 11.8. The average molecular weight is 233 g/mol. The molecule has 1 aliphatic heterocycles. The van der Waals surface area contributed by atoms with Crippen LogP contribution in [0.15, 0.2) is 10.6 Å². The van der Waals surface area contributed by atoms with Crippen LogP contribution in [0.1, 0.15) is 17.9 Å². The largest absolute Gasteiger partial charge is 0.332 e. The number of aryl methyl sites for hydroxylation is 2. The Hall–Kier alpha value is -1.69. The number of hydrogen-bond acceptors (Lipinski definition) is 5. The van der Waals surface area contributed by atoms with E-state index in [2.05, 4.69) is 27.2 Å². The van der Waals surface area contributed by atoms with E-state index in [4.69, 9.17) is 4.52 Å². The molecule has 2 aromatic rings. The molecule has 17 heavy (non-hydrogen) atoms. The Morgan fingerprint density at radius 2 is 2.24 bits per heavy atom. The number of aromatic nitrogens is 4. The molecule has 0 spiro atoms. The fourth-order valence-electron chi connectivity index (χ4n) is 2.13. The van der Waals surface area contributed by atoms with Gasteiger partial charge in [0.2, 0.25) is 0 Å². The molecular weight excluding hydrogens is 218 g/mol. The minimum absolute atomic E-state index is 0.505. The maximum atomic E-state index is 5.14. The second-order valence-electron chi connectivity index (χ2n) is 4.48. The van der Waals surface area contributed by atoms with E-state index in [1.165, 1.54) is 5.69 Å². The summed E-state index contributed by atoms with van der Waals surface area (Å²) in [5, 5.41) is 8.31. The van der Waals surface area contributed by atoms with E-state index >= 15 is 0 Å². The van der Waals surface area contributed by atoms with Crippen molar-refractivity contribution in [3.8, 4) is 11.6 Å². The number of rotatable bonds is 1. The lowest BCUT2D eigenvalue weighted by Crippen LogP contribution is -2.16. The molecule has 3 heterocycles. The molecule has 0 unspecified atom stereocenters. The van der Waals surface area contributed by atoms with Gasteiger partial charge in [-0.15, -0.1) is 0 Å². The molecule has 1 aliphatic rings. The van der Waals surface area contributed by atoms with E-state index in [0.29, 0.717) is 11.7 Å². The predicted molar refractivity (Wildman–Crippen MR) is 61.2 cm³/mol. The van der Waals surface area contributed by atoms with E-state index < -0.39 is 0 Å². The molecule has 0 aliphatic carbocycles. The molecule has 90 valence electrons. The van der Waals surface area contributed by atoms with Crippen LogP contribution in [0.25, 0.3) is 11.6 Å². The van der Waals surface area contributed by atoms with E-state index in [1.54, 1.807) is 0 Å². The average Bonchev–Trinajstić information content (AvgIpc) is 2.83. The first kappa shape index (κ1) is 10.5. The molecule has 0 radical (unpaired) electrons. The SMILES string of the molecule is Cc1noc(-c2cc3n(n2)CCCN(C)C3)n1. The summed E-state index contributed by atoms with van der Waals surface area (Å²) in [6.07, 6.45) is 1.12. The van der Waals surface area contributed by atoms with Gasteiger partial charge in [0.1, 0.15) is 0 Å². The van der Waals surface area contributed by atoms with Crippen molar-refractivity contribution in [1.82, 2.24) is 24.8 Å². The molecule has 2 aromatic heterocycles. The number of fused-ring (bicyclic) bond motifs is 1. The van der Waals surface area contributed by atoms with Crippen molar-refractivity contribution >= 4 is 0 Å². The lowest BCUT2D eigenvalue weighted by molar-refractivity contribution is 0.332. The normalized spacial score (nSPS) is 16.8. The van der Waals surface area contributed by atoms with Crippen LogP contribution in [0.4, 0.5) is 0 Å². The molecule has 0 fully saturated rings. The van der Waals surface area contributed by atoms with Crippen LogP contribution in [0, 0.1) is 6.92 Å². The first-order chi connectivity index (χ1) is 8.22. The van der Waals surface area contributed by atoms with Crippen LogP contribution in [-0.2, 0) is 13.1 Å². The standard InChI is InChI=1S/C11H15N5O/c1-8-12-11(17-14-8)10-6-9-7-15(2)4-3-5-16(9)13-10/h6H,3-5,7H2,1-2H3. The zero-order valence-electron chi connectivity index (χ0n) is 10.1. The molecule has 6 heteroatoms.